The number of alkyl carbamates (subject to hydrolysis) is 2. The number of amides is 2. The number of carboxylic acids is 1. The first-order valence-corrected chi connectivity index (χ1v) is 11.1. The van der Waals surface area contributed by atoms with Crippen LogP contribution in [0.1, 0.15) is 74.7 Å². The minimum Gasteiger partial charge on any atom is -0.480 e. The first-order valence-electron chi connectivity index (χ1n) is 11.1. The van der Waals surface area contributed by atoms with Crippen molar-refractivity contribution in [1.29, 1.82) is 0 Å². The molecule has 0 heterocycles. The molecule has 1 unspecified atom stereocenters. The Morgan fingerprint density at radius 2 is 1.25 bits per heavy atom. The summed E-state index contributed by atoms with van der Waals surface area (Å²) in [5.74, 6) is -1.23. The van der Waals surface area contributed by atoms with Crippen LogP contribution in [0, 0.1) is 0 Å². The van der Waals surface area contributed by atoms with Crippen LogP contribution < -0.4 is 10.6 Å². The molecule has 0 aliphatic heterocycles. The maximum absolute atomic E-state index is 12.1. The van der Waals surface area contributed by atoms with Crippen molar-refractivity contribution in [2.75, 3.05) is 19.8 Å². The summed E-state index contributed by atoms with van der Waals surface area (Å²) in [5.41, 5.74) is -1.56. The third kappa shape index (κ3) is 15.7. The fourth-order valence-corrected chi connectivity index (χ4v) is 2.47. The summed E-state index contributed by atoms with van der Waals surface area (Å²) in [7, 11) is 0. The Morgan fingerprint density at radius 1 is 0.812 bits per heavy atom. The van der Waals surface area contributed by atoms with Gasteiger partial charge in [0.2, 0.25) is 0 Å². The van der Waals surface area contributed by atoms with Crippen LogP contribution in [0.4, 0.5) is 9.59 Å². The number of carbonyl (C=O) groups excluding carboxylic acids is 2. The number of rotatable bonds is 15. The zero-order valence-corrected chi connectivity index (χ0v) is 20.8. The van der Waals surface area contributed by atoms with Crippen LogP contribution in [0.15, 0.2) is 0 Å². The van der Waals surface area contributed by atoms with Gasteiger partial charge in [0.15, 0.2) is 0 Å². The molecule has 10 heteroatoms. The van der Waals surface area contributed by atoms with Crippen molar-refractivity contribution in [3.8, 4) is 0 Å². The highest BCUT2D eigenvalue weighted by Crippen LogP contribution is 2.16. The van der Waals surface area contributed by atoms with Crippen molar-refractivity contribution in [3.63, 3.8) is 0 Å². The van der Waals surface area contributed by atoms with Crippen LogP contribution >= 0.6 is 0 Å². The number of nitrogens with one attached hydrogen (secondary N) is 2. The molecule has 0 saturated carbocycles. The van der Waals surface area contributed by atoms with E-state index in [2.05, 4.69) is 10.6 Å². The van der Waals surface area contributed by atoms with E-state index in [1.807, 2.05) is 27.7 Å². The number of carbonyl (C=O) groups is 3. The Hall–Kier alpha value is -2.07. The fraction of sp³-hybridized carbons (Fsp3) is 0.864. The van der Waals surface area contributed by atoms with Gasteiger partial charge in [0.05, 0.1) is 25.4 Å². The molecule has 1 atom stereocenters. The van der Waals surface area contributed by atoms with Crippen LogP contribution in [0.25, 0.3) is 0 Å². The summed E-state index contributed by atoms with van der Waals surface area (Å²) in [6.45, 7) is 15.5. The highest BCUT2D eigenvalue weighted by atomic mass is 16.6. The van der Waals surface area contributed by atoms with E-state index in [0.717, 1.165) is 0 Å². The zero-order chi connectivity index (χ0) is 24.9. The zero-order valence-electron chi connectivity index (χ0n) is 20.8. The Balaban J connectivity index is 4.45. The summed E-state index contributed by atoms with van der Waals surface area (Å²) in [6.07, 6.45) is -0.422. The summed E-state index contributed by atoms with van der Waals surface area (Å²) in [5, 5.41) is 14.2. The Morgan fingerprint density at radius 3 is 1.66 bits per heavy atom. The van der Waals surface area contributed by atoms with Gasteiger partial charge in [-0.25, -0.2) is 14.4 Å². The van der Waals surface area contributed by atoms with Crippen molar-refractivity contribution in [1.82, 2.24) is 10.6 Å². The van der Waals surface area contributed by atoms with E-state index in [-0.39, 0.29) is 25.2 Å². The minimum absolute atomic E-state index is 0.000273. The molecule has 0 aromatic rings. The summed E-state index contributed by atoms with van der Waals surface area (Å²) >= 11 is 0. The molecule has 0 saturated heterocycles. The van der Waals surface area contributed by atoms with Crippen LogP contribution in [-0.4, -0.2) is 72.5 Å². The molecule has 32 heavy (non-hydrogen) atoms. The van der Waals surface area contributed by atoms with Gasteiger partial charge in [-0.3, -0.25) is 0 Å². The molecule has 2 amide bonds. The average Bonchev–Trinajstić information content (AvgIpc) is 2.58. The second kappa shape index (κ2) is 14.2. The predicted molar refractivity (Wildman–Crippen MR) is 120 cm³/mol. The molecule has 0 radical (unpaired) electrons. The lowest BCUT2D eigenvalue weighted by Gasteiger charge is -2.27. The highest BCUT2D eigenvalue weighted by Gasteiger charge is 2.27. The molecule has 0 aromatic carbocycles. The van der Waals surface area contributed by atoms with Crippen LogP contribution in [0.3, 0.4) is 0 Å². The van der Waals surface area contributed by atoms with Gasteiger partial charge in [-0.1, -0.05) is 0 Å². The summed E-state index contributed by atoms with van der Waals surface area (Å²) in [4.78, 5) is 35.6. The molecule has 3 N–H and O–H groups in total. The largest absolute Gasteiger partial charge is 0.480 e. The lowest BCUT2D eigenvalue weighted by molar-refractivity contribution is -0.139. The van der Waals surface area contributed by atoms with E-state index in [4.69, 9.17) is 18.9 Å². The number of aliphatic carboxylic acids is 1. The van der Waals surface area contributed by atoms with Crippen LogP contribution in [-0.2, 0) is 23.7 Å². The maximum Gasteiger partial charge on any atom is 0.408 e. The third-order valence-corrected chi connectivity index (χ3v) is 4.34. The van der Waals surface area contributed by atoms with E-state index in [1.54, 1.807) is 27.7 Å². The Labute approximate surface area is 191 Å². The topological polar surface area (TPSA) is 132 Å². The number of carboxylic acid groups (broad SMARTS) is 1. The lowest BCUT2D eigenvalue weighted by Crippen LogP contribution is -2.46. The second-order valence-electron chi connectivity index (χ2n) is 9.39. The van der Waals surface area contributed by atoms with Gasteiger partial charge in [0.25, 0.3) is 0 Å². The first kappa shape index (κ1) is 29.9. The molecule has 0 aromatic heterocycles. The quantitative estimate of drug-likeness (QED) is 0.337. The molecule has 0 bridgehead atoms. The third-order valence-electron chi connectivity index (χ3n) is 4.34. The van der Waals surface area contributed by atoms with Gasteiger partial charge in [-0.05, 0) is 61.8 Å². The molecule has 0 aliphatic rings. The molecule has 188 valence electrons. The normalized spacial score (nSPS) is 13.1. The van der Waals surface area contributed by atoms with E-state index < -0.39 is 35.4 Å². The number of hydrogen-bond donors (Lipinski definition) is 3. The fourth-order valence-electron chi connectivity index (χ4n) is 2.47. The van der Waals surface area contributed by atoms with Crippen molar-refractivity contribution in [2.24, 2.45) is 0 Å². The average molecular weight is 463 g/mol. The van der Waals surface area contributed by atoms with Crippen LogP contribution in [0.5, 0.6) is 0 Å². The highest BCUT2D eigenvalue weighted by molar-refractivity contribution is 5.80. The van der Waals surface area contributed by atoms with E-state index >= 15 is 0 Å². The molecule has 0 rings (SSSR count). The summed E-state index contributed by atoms with van der Waals surface area (Å²) < 4.78 is 21.6. The van der Waals surface area contributed by atoms with E-state index in [0.29, 0.717) is 26.1 Å². The van der Waals surface area contributed by atoms with Gasteiger partial charge >= 0.3 is 18.2 Å². The van der Waals surface area contributed by atoms with Gasteiger partial charge in [0, 0.05) is 19.4 Å². The number of hydrogen-bond acceptors (Lipinski definition) is 7. The van der Waals surface area contributed by atoms with Crippen molar-refractivity contribution < 1.29 is 38.4 Å². The molecular formula is C22H42N2O8. The molecule has 0 fully saturated rings. The second-order valence-corrected chi connectivity index (χ2v) is 9.39. The Kier molecular flexibility index (Phi) is 13.2. The number of ether oxygens (including phenoxy) is 4. The molecule has 0 spiro atoms. The monoisotopic (exact) mass is 462 g/mol. The van der Waals surface area contributed by atoms with E-state index in [9.17, 15) is 19.5 Å². The lowest BCUT2D eigenvalue weighted by atomic mass is 10.1. The summed E-state index contributed by atoms with van der Waals surface area (Å²) in [6, 6.07) is -1.22. The smallest absolute Gasteiger partial charge is 0.408 e. The molecule has 0 aliphatic carbocycles. The van der Waals surface area contributed by atoms with Gasteiger partial charge < -0.3 is 34.7 Å². The molecule has 10 nitrogen and oxygen atoms in total. The first-order chi connectivity index (χ1) is 14.6. The van der Waals surface area contributed by atoms with Crippen molar-refractivity contribution in [2.45, 2.75) is 104 Å². The maximum atomic E-state index is 12.1. The van der Waals surface area contributed by atoms with E-state index in [1.165, 1.54) is 0 Å². The van der Waals surface area contributed by atoms with Crippen molar-refractivity contribution >= 4 is 18.2 Å². The predicted octanol–water partition coefficient (Wildman–Crippen LogP) is 3.47. The van der Waals surface area contributed by atoms with Crippen LogP contribution in [0.2, 0.25) is 0 Å². The SMILES string of the molecule is CC(C)OCCC(C)(C)OC(=O)NCCC(NC(=O)OC(C)(C)CCOC(C)C)C(=O)O. The molecular weight excluding hydrogens is 420 g/mol. The minimum atomic E-state index is -1.23. The van der Waals surface area contributed by atoms with Gasteiger partial charge in [-0.15, -0.1) is 0 Å². The Bertz CT molecular complexity index is 590. The van der Waals surface area contributed by atoms with Gasteiger partial charge in [0.1, 0.15) is 17.2 Å². The van der Waals surface area contributed by atoms with Gasteiger partial charge in [-0.2, -0.15) is 0 Å². The standard InChI is InChI=1S/C22H42N2O8/c1-15(2)29-13-10-21(5,6)31-19(27)23-12-9-17(18(25)26)24-20(28)32-22(7,8)11-14-30-16(3)4/h15-17H,9-14H2,1-8H3,(H,23,27)(H,24,28)(H,25,26). The van der Waals surface area contributed by atoms with Crippen molar-refractivity contribution in [3.05, 3.63) is 0 Å².